The number of ether oxygens (including phenoxy) is 2. The van der Waals surface area contributed by atoms with Gasteiger partial charge in [-0.2, -0.15) is 0 Å². The molecule has 0 aromatic heterocycles. The number of rotatable bonds is 7. The number of allylic oxidation sites excluding steroid dienone is 2. The number of esters is 2. The van der Waals surface area contributed by atoms with E-state index in [1.165, 1.54) is 0 Å². The number of thioether (sulfide) groups is 1. The molecule has 0 bridgehead atoms. The Bertz CT molecular complexity index is 881. The zero-order valence-electron chi connectivity index (χ0n) is 15.7. The maximum absolute atomic E-state index is 12.8. The zero-order valence-corrected chi connectivity index (χ0v) is 16.6. The molecule has 3 rings (SSSR count). The van der Waals surface area contributed by atoms with Crippen molar-refractivity contribution in [1.82, 2.24) is 0 Å². The van der Waals surface area contributed by atoms with E-state index in [0.29, 0.717) is 30.4 Å². The second-order valence-corrected chi connectivity index (χ2v) is 7.81. The van der Waals surface area contributed by atoms with Gasteiger partial charge in [-0.3, -0.25) is 9.59 Å². The average molecular weight is 398 g/mol. The zero-order chi connectivity index (χ0) is 20.1. The summed E-state index contributed by atoms with van der Waals surface area (Å²) in [5, 5.41) is 0. The molecule has 146 valence electrons. The second-order valence-electron chi connectivity index (χ2n) is 6.72. The van der Waals surface area contributed by atoms with Crippen molar-refractivity contribution in [1.29, 1.82) is 0 Å². The molecule has 2 aliphatic rings. The van der Waals surface area contributed by atoms with Crippen LogP contribution in [0.15, 0.2) is 63.9 Å². The molecule has 1 aromatic carbocycles. The normalized spacial score (nSPS) is 17.6. The van der Waals surface area contributed by atoms with Gasteiger partial charge in [0.2, 0.25) is 0 Å². The van der Waals surface area contributed by atoms with Gasteiger partial charge in [0.05, 0.1) is 13.2 Å². The monoisotopic (exact) mass is 398 g/mol. The Balaban J connectivity index is 1.47. The quantitative estimate of drug-likeness (QED) is 0.301. The van der Waals surface area contributed by atoms with E-state index in [2.05, 4.69) is 6.58 Å². The second kappa shape index (κ2) is 9.06. The van der Waals surface area contributed by atoms with Gasteiger partial charge in [-0.15, -0.1) is 0 Å². The molecular formula is C22H22O5S. The summed E-state index contributed by atoms with van der Waals surface area (Å²) in [7, 11) is 0. The summed E-state index contributed by atoms with van der Waals surface area (Å²) in [6, 6.07) is 7.97. The predicted octanol–water partition coefficient (Wildman–Crippen LogP) is 3.79. The fraction of sp³-hybridized carbons (Fsp3) is 0.318. The van der Waals surface area contributed by atoms with Crippen molar-refractivity contribution < 1.29 is 23.9 Å². The molecule has 1 atom stereocenters. The molecule has 0 N–H and O–H groups in total. The predicted molar refractivity (Wildman–Crippen MR) is 107 cm³/mol. The number of carbonyl (C=O) groups excluding carboxylic acids is 3. The van der Waals surface area contributed by atoms with Gasteiger partial charge in [-0.1, -0.05) is 48.7 Å². The Morgan fingerprint density at radius 2 is 1.89 bits per heavy atom. The number of unbranched alkanes of at least 4 members (excludes halogenated alkanes) is 1. The summed E-state index contributed by atoms with van der Waals surface area (Å²) in [5.41, 5.74) is 2.14. The van der Waals surface area contributed by atoms with Crippen LogP contribution in [0.1, 0.15) is 25.3 Å². The van der Waals surface area contributed by atoms with Crippen LogP contribution in [0.5, 0.6) is 0 Å². The topological polar surface area (TPSA) is 69.7 Å². The van der Waals surface area contributed by atoms with Crippen LogP contribution in [0.25, 0.3) is 0 Å². The molecule has 0 spiro atoms. The minimum Gasteiger partial charge on any atom is -0.465 e. The summed E-state index contributed by atoms with van der Waals surface area (Å²) in [6.07, 6.45) is 5.14. The third kappa shape index (κ3) is 4.62. The minimum atomic E-state index is -0.883. The molecule has 1 aliphatic carbocycles. The molecule has 0 saturated carbocycles. The number of fused-ring (bicyclic) bond motifs is 1. The van der Waals surface area contributed by atoms with Crippen molar-refractivity contribution in [3.05, 3.63) is 64.6 Å². The fourth-order valence-corrected chi connectivity index (χ4v) is 4.05. The van der Waals surface area contributed by atoms with E-state index in [4.69, 9.17) is 9.47 Å². The molecule has 1 heterocycles. The maximum Gasteiger partial charge on any atom is 0.333 e. The van der Waals surface area contributed by atoms with E-state index in [9.17, 15) is 14.4 Å². The molecule has 1 aromatic rings. The van der Waals surface area contributed by atoms with Crippen LogP contribution in [0.2, 0.25) is 0 Å². The van der Waals surface area contributed by atoms with Crippen LogP contribution >= 0.6 is 11.8 Å². The number of hydrogen-bond acceptors (Lipinski definition) is 6. The summed E-state index contributed by atoms with van der Waals surface area (Å²) in [4.78, 5) is 38.4. The molecule has 0 radical (unpaired) electrons. The number of ketones is 1. The first-order valence-electron chi connectivity index (χ1n) is 9.18. The number of hydrogen-bond donors (Lipinski definition) is 0. The molecular weight excluding hydrogens is 376 g/mol. The standard InChI is InChI=1S/C22H22O5S/c1-14(2)21(24)26-11-5-6-12-27-22(25)16-9-10-19-17(20(16)23)13-15-7-3-4-8-18(15)28-19/h3-4,7-10,16H,1,5-6,11-13H2,2H3. The van der Waals surface area contributed by atoms with Gasteiger partial charge >= 0.3 is 11.9 Å². The van der Waals surface area contributed by atoms with Crippen LogP contribution in [-0.2, 0) is 30.3 Å². The lowest BCUT2D eigenvalue weighted by molar-refractivity contribution is -0.150. The van der Waals surface area contributed by atoms with E-state index >= 15 is 0 Å². The highest BCUT2D eigenvalue weighted by atomic mass is 32.2. The minimum absolute atomic E-state index is 0.181. The van der Waals surface area contributed by atoms with Crippen LogP contribution in [0.3, 0.4) is 0 Å². The van der Waals surface area contributed by atoms with Crippen LogP contribution in [-0.4, -0.2) is 30.9 Å². The third-order valence-electron chi connectivity index (χ3n) is 4.50. The lowest BCUT2D eigenvalue weighted by Crippen LogP contribution is -2.30. The van der Waals surface area contributed by atoms with Crippen molar-refractivity contribution in [2.75, 3.05) is 13.2 Å². The van der Waals surface area contributed by atoms with Gasteiger partial charge in [0.15, 0.2) is 5.78 Å². The maximum atomic E-state index is 12.8. The van der Waals surface area contributed by atoms with Gasteiger partial charge in [0.25, 0.3) is 0 Å². The van der Waals surface area contributed by atoms with E-state index in [1.807, 2.05) is 30.3 Å². The summed E-state index contributed by atoms with van der Waals surface area (Å²) in [6.45, 7) is 5.53. The van der Waals surface area contributed by atoms with Crippen LogP contribution in [0.4, 0.5) is 0 Å². The van der Waals surface area contributed by atoms with Gasteiger partial charge in [0, 0.05) is 27.4 Å². The van der Waals surface area contributed by atoms with E-state index < -0.39 is 17.9 Å². The van der Waals surface area contributed by atoms with Gasteiger partial charge in [-0.25, -0.2) is 4.79 Å². The first-order valence-corrected chi connectivity index (χ1v) is 9.99. The lowest BCUT2D eigenvalue weighted by atomic mass is 9.88. The summed E-state index contributed by atoms with van der Waals surface area (Å²) < 4.78 is 10.2. The Morgan fingerprint density at radius 1 is 1.18 bits per heavy atom. The molecule has 1 unspecified atom stereocenters. The van der Waals surface area contributed by atoms with Crippen LogP contribution < -0.4 is 0 Å². The molecule has 0 fully saturated rings. The Kier molecular flexibility index (Phi) is 6.52. The van der Waals surface area contributed by atoms with Gasteiger partial charge < -0.3 is 9.47 Å². The van der Waals surface area contributed by atoms with Gasteiger partial charge in [-0.05, 0) is 31.4 Å². The highest BCUT2D eigenvalue weighted by molar-refractivity contribution is 8.03. The Hall–Kier alpha value is -2.60. The van der Waals surface area contributed by atoms with Crippen molar-refractivity contribution in [3.63, 3.8) is 0 Å². The van der Waals surface area contributed by atoms with Crippen molar-refractivity contribution in [3.8, 4) is 0 Å². The van der Waals surface area contributed by atoms with E-state index in [1.54, 1.807) is 24.8 Å². The summed E-state index contributed by atoms with van der Waals surface area (Å²) in [5.74, 6) is -2.02. The van der Waals surface area contributed by atoms with Crippen molar-refractivity contribution in [2.45, 2.75) is 31.1 Å². The SMILES string of the molecule is C=C(C)C(=O)OCCCCOC(=O)C1C=CC2=C(Cc3ccccc3S2)C1=O. The number of carbonyl (C=O) groups is 3. The van der Waals surface area contributed by atoms with Crippen LogP contribution in [0, 0.1) is 5.92 Å². The smallest absolute Gasteiger partial charge is 0.333 e. The first kappa shape index (κ1) is 20.1. The fourth-order valence-electron chi connectivity index (χ4n) is 2.95. The third-order valence-corrected chi connectivity index (χ3v) is 5.72. The average Bonchev–Trinajstić information content (AvgIpc) is 2.69. The largest absolute Gasteiger partial charge is 0.465 e. The Labute approximate surface area is 168 Å². The van der Waals surface area contributed by atoms with Gasteiger partial charge in [0.1, 0.15) is 5.92 Å². The van der Waals surface area contributed by atoms with E-state index in [0.717, 1.165) is 15.4 Å². The molecule has 1 aliphatic heterocycles. The summed E-state index contributed by atoms with van der Waals surface area (Å²) >= 11 is 1.56. The Morgan fingerprint density at radius 3 is 2.64 bits per heavy atom. The van der Waals surface area contributed by atoms with E-state index in [-0.39, 0.29) is 19.0 Å². The highest BCUT2D eigenvalue weighted by Crippen LogP contribution is 2.42. The molecule has 28 heavy (non-hydrogen) atoms. The molecule has 0 amide bonds. The molecule has 6 heteroatoms. The van der Waals surface area contributed by atoms with Crippen molar-refractivity contribution >= 4 is 29.5 Å². The van der Waals surface area contributed by atoms with Crippen molar-refractivity contribution in [2.24, 2.45) is 5.92 Å². The first-order chi connectivity index (χ1) is 13.5. The molecule has 0 saturated heterocycles. The lowest BCUT2D eigenvalue weighted by Gasteiger charge is -2.25. The number of Topliss-reactive ketones (excluding diaryl/α,β-unsaturated/α-hetero) is 1. The number of benzene rings is 1. The molecule has 5 nitrogen and oxygen atoms in total. The highest BCUT2D eigenvalue weighted by Gasteiger charge is 2.34.